The summed E-state index contributed by atoms with van der Waals surface area (Å²) in [5.41, 5.74) is 7.21. The Kier molecular flexibility index (Phi) is 2.53. The van der Waals surface area contributed by atoms with E-state index >= 15 is 0 Å². The van der Waals surface area contributed by atoms with Crippen LogP contribution in [0.4, 0.5) is 0 Å². The van der Waals surface area contributed by atoms with Gasteiger partial charge in [-0.1, -0.05) is 36.4 Å². The van der Waals surface area contributed by atoms with Crippen molar-refractivity contribution in [3.63, 3.8) is 0 Å². The normalized spacial score (nSPS) is 18.9. The van der Waals surface area contributed by atoms with Gasteiger partial charge in [0.1, 0.15) is 0 Å². The number of aryl methyl sites for hydroxylation is 1. The van der Waals surface area contributed by atoms with E-state index in [0.717, 1.165) is 31.2 Å². The van der Waals surface area contributed by atoms with Crippen LogP contribution < -0.4 is 0 Å². The lowest BCUT2D eigenvalue weighted by Gasteiger charge is -2.33. The van der Waals surface area contributed by atoms with Gasteiger partial charge in [0.2, 0.25) is 0 Å². The van der Waals surface area contributed by atoms with E-state index < -0.39 is 5.79 Å². The number of benzene rings is 2. The summed E-state index contributed by atoms with van der Waals surface area (Å²) >= 11 is 0. The first-order chi connectivity index (χ1) is 9.67. The molecule has 0 radical (unpaired) electrons. The van der Waals surface area contributed by atoms with Crippen LogP contribution in [-0.4, -0.2) is 10.2 Å². The number of rotatable bonds is 0. The van der Waals surface area contributed by atoms with Crippen molar-refractivity contribution in [3.8, 4) is 11.1 Å². The molecule has 0 amide bonds. The molecule has 0 fully saturated rings. The Morgan fingerprint density at radius 2 is 1.65 bits per heavy atom. The van der Waals surface area contributed by atoms with Crippen LogP contribution in [0.5, 0.6) is 0 Å². The monoisotopic (exact) mass is 266 g/mol. The molecular formula is C18H18O2. The maximum atomic E-state index is 10.2. The lowest BCUT2D eigenvalue weighted by Crippen LogP contribution is -2.31. The van der Waals surface area contributed by atoms with Gasteiger partial charge in [-0.15, -0.1) is 0 Å². The molecule has 2 aliphatic rings. The highest BCUT2D eigenvalue weighted by Gasteiger charge is 2.34. The fourth-order valence-electron chi connectivity index (χ4n) is 3.80. The first-order valence-electron chi connectivity index (χ1n) is 7.35. The molecule has 4 rings (SSSR count). The second-order valence-electron chi connectivity index (χ2n) is 5.95. The summed E-state index contributed by atoms with van der Waals surface area (Å²) in [5.74, 6) is -1.64. The van der Waals surface area contributed by atoms with Gasteiger partial charge in [0.15, 0.2) is 5.79 Å². The van der Waals surface area contributed by atoms with Gasteiger partial charge in [-0.05, 0) is 53.5 Å². The summed E-state index contributed by atoms with van der Waals surface area (Å²) < 4.78 is 0. The number of aliphatic hydroxyl groups is 2. The Morgan fingerprint density at radius 3 is 2.55 bits per heavy atom. The van der Waals surface area contributed by atoms with Crippen molar-refractivity contribution < 1.29 is 10.2 Å². The van der Waals surface area contributed by atoms with Crippen molar-refractivity contribution in [2.24, 2.45) is 0 Å². The van der Waals surface area contributed by atoms with Crippen LogP contribution in [0.25, 0.3) is 11.1 Å². The van der Waals surface area contributed by atoms with Crippen LogP contribution in [0.1, 0.15) is 35.1 Å². The van der Waals surface area contributed by atoms with E-state index in [-0.39, 0.29) is 0 Å². The molecule has 2 N–H and O–H groups in total. The molecule has 2 aromatic rings. The lowest BCUT2D eigenvalue weighted by atomic mass is 9.76. The van der Waals surface area contributed by atoms with Crippen LogP contribution in [0.15, 0.2) is 36.4 Å². The highest BCUT2D eigenvalue weighted by Crippen LogP contribution is 2.42. The van der Waals surface area contributed by atoms with Gasteiger partial charge in [0.05, 0.1) is 0 Å². The van der Waals surface area contributed by atoms with Crippen molar-refractivity contribution in [1.82, 2.24) is 0 Å². The van der Waals surface area contributed by atoms with Crippen molar-refractivity contribution in [3.05, 3.63) is 58.7 Å². The average Bonchev–Trinajstić information content (AvgIpc) is 2.46. The highest BCUT2D eigenvalue weighted by molar-refractivity contribution is 5.75. The fraction of sp³-hybridized carbons (Fsp3) is 0.333. The van der Waals surface area contributed by atoms with Crippen molar-refractivity contribution in [2.75, 3.05) is 0 Å². The molecular weight excluding hydrogens is 248 g/mol. The molecule has 2 heteroatoms. The van der Waals surface area contributed by atoms with Gasteiger partial charge in [-0.25, -0.2) is 0 Å². The van der Waals surface area contributed by atoms with Crippen LogP contribution in [-0.2, 0) is 25.0 Å². The van der Waals surface area contributed by atoms with Gasteiger partial charge in [0, 0.05) is 12.0 Å². The van der Waals surface area contributed by atoms with Crippen LogP contribution >= 0.6 is 0 Å². The Morgan fingerprint density at radius 1 is 0.800 bits per heavy atom. The molecule has 0 spiro atoms. The average molecular weight is 266 g/mol. The lowest BCUT2D eigenvalue weighted by molar-refractivity contribution is -0.179. The molecule has 0 saturated carbocycles. The maximum absolute atomic E-state index is 10.2. The molecule has 0 unspecified atom stereocenters. The zero-order valence-electron chi connectivity index (χ0n) is 11.4. The van der Waals surface area contributed by atoms with Crippen molar-refractivity contribution in [2.45, 2.75) is 37.9 Å². The van der Waals surface area contributed by atoms with Gasteiger partial charge in [-0.3, -0.25) is 0 Å². The fourth-order valence-corrected chi connectivity index (χ4v) is 3.80. The van der Waals surface area contributed by atoms with Crippen molar-refractivity contribution in [1.29, 1.82) is 0 Å². The minimum atomic E-state index is -1.64. The van der Waals surface area contributed by atoms with E-state index in [1.807, 2.05) is 6.07 Å². The second kappa shape index (κ2) is 4.18. The molecule has 2 aromatic carbocycles. The third kappa shape index (κ3) is 1.65. The van der Waals surface area contributed by atoms with Gasteiger partial charge in [-0.2, -0.15) is 0 Å². The molecule has 102 valence electrons. The van der Waals surface area contributed by atoms with Crippen LogP contribution in [0.2, 0.25) is 0 Å². The zero-order valence-corrected chi connectivity index (χ0v) is 11.4. The first kappa shape index (κ1) is 12.1. The summed E-state index contributed by atoms with van der Waals surface area (Å²) in [6, 6.07) is 12.5. The molecule has 0 bridgehead atoms. The maximum Gasteiger partial charge on any atom is 0.190 e. The number of hydrogen-bond acceptors (Lipinski definition) is 2. The third-order valence-corrected chi connectivity index (χ3v) is 4.77. The van der Waals surface area contributed by atoms with Crippen LogP contribution in [0.3, 0.4) is 0 Å². The Bertz CT molecular complexity index is 686. The van der Waals surface area contributed by atoms with E-state index in [1.54, 1.807) is 0 Å². The van der Waals surface area contributed by atoms with E-state index in [9.17, 15) is 10.2 Å². The minimum absolute atomic E-state index is 0.440. The smallest absolute Gasteiger partial charge is 0.190 e. The number of fused-ring (bicyclic) bond motifs is 5. The molecule has 0 saturated heterocycles. The Balaban J connectivity index is 1.96. The standard InChI is InChI=1S/C18H18O2/c19-18(20)11-3-6-16-15-8-7-12-4-1-2-5-13(12)14(15)9-10-17(16)18/h1-2,4-5,9-10,19-20H,3,6-8,11H2. The summed E-state index contributed by atoms with van der Waals surface area (Å²) in [5, 5.41) is 20.4. The molecule has 0 atom stereocenters. The number of hydrogen-bond donors (Lipinski definition) is 2. The minimum Gasteiger partial charge on any atom is -0.362 e. The van der Waals surface area contributed by atoms with Gasteiger partial charge >= 0.3 is 0 Å². The third-order valence-electron chi connectivity index (χ3n) is 4.77. The van der Waals surface area contributed by atoms with Crippen molar-refractivity contribution >= 4 is 0 Å². The molecule has 2 nitrogen and oxygen atoms in total. The SMILES string of the molecule is OC1(O)CCCc2c1ccc1c2CCc2ccccc2-1. The molecule has 0 aromatic heterocycles. The molecule has 20 heavy (non-hydrogen) atoms. The molecule has 0 aliphatic heterocycles. The second-order valence-corrected chi connectivity index (χ2v) is 5.95. The Hall–Kier alpha value is -1.64. The Labute approximate surface area is 118 Å². The van der Waals surface area contributed by atoms with E-state index in [1.165, 1.54) is 27.8 Å². The summed E-state index contributed by atoms with van der Waals surface area (Å²) in [7, 11) is 0. The molecule has 0 heterocycles. The van der Waals surface area contributed by atoms with Gasteiger partial charge in [0.25, 0.3) is 0 Å². The van der Waals surface area contributed by atoms with E-state index in [0.29, 0.717) is 6.42 Å². The largest absolute Gasteiger partial charge is 0.362 e. The zero-order chi connectivity index (χ0) is 13.7. The quantitative estimate of drug-likeness (QED) is 0.720. The van der Waals surface area contributed by atoms with E-state index in [2.05, 4.69) is 30.3 Å². The summed E-state index contributed by atoms with van der Waals surface area (Å²) in [6.45, 7) is 0. The van der Waals surface area contributed by atoms with E-state index in [4.69, 9.17) is 0 Å². The van der Waals surface area contributed by atoms with Gasteiger partial charge < -0.3 is 10.2 Å². The predicted octanol–water partition coefficient (Wildman–Crippen LogP) is 2.93. The summed E-state index contributed by atoms with van der Waals surface area (Å²) in [6.07, 6.45) is 4.30. The topological polar surface area (TPSA) is 40.5 Å². The summed E-state index contributed by atoms with van der Waals surface area (Å²) in [4.78, 5) is 0. The van der Waals surface area contributed by atoms with Crippen LogP contribution in [0, 0.1) is 0 Å². The first-order valence-corrected chi connectivity index (χ1v) is 7.35. The molecule has 2 aliphatic carbocycles. The highest BCUT2D eigenvalue weighted by atomic mass is 16.5. The predicted molar refractivity (Wildman–Crippen MR) is 78.3 cm³/mol.